The van der Waals surface area contributed by atoms with E-state index in [-0.39, 0.29) is 42.9 Å². The number of phenolic OH excluding ortho intramolecular Hbond substituents is 1. The van der Waals surface area contributed by atoms with Gasteiger partial charge in [0, 0.05) is 25.1 Å². The first-order valence-corrected chi connectivity index (χ1v) is 17.1. The summed E-state index contributed by atoms with van der Waals surface area (Å²) in [6.45, 7) is 0.995. The van der Waals surface area contributed by atoms with Crippen LogP contribution in [0.15, 0.2) is 121 Å². The number of rotatable bonds is 11. The molecule has 9 nitrogen and oxygen atoms in total. The Labute approximate surface area is 296 Å². The number of fused-ring (bicyclic) bond motifs is 1. The topological polar surface area (TPSA) is 120 Å². The largest absolute Gasteiger partial charge is 0.508 e. The Morgan fingerprint density at radius 2 is 1.43 bits per heavy atom. The summed E-state index contributed by atoms with van der Waals surface area (Å²) in [4.78, 5) is 29.5. The lowest BCUT2D eigenvalue weighted by atomic mass is 9.97. The number of phenols is 1. The summed E-state index contributed by atoms with van der Waals surface area (Å²) in [7, 11) is 1.93. The first-order valence-electron chi connectivity index (χ1n) is 17.1. The molecule has 0 aliphatic carbocycles. The van der Waals surface area contributed by atoms with E-state index in [1.165, 1.54) is 4.90 Å². The van der Waals surface area contributed by atoms with Crippen molar-refractivity contribution in [3.05, 3.63) is 160 Å². The number of aliphatic hydroxyl groups excluding tert-OH is 2. The van der Waals surface area contributed by atoms with Gasteiger partial charge in [0.05, 0.1) is 42.6 Å². The maximum atomic E-state index is 13.1. The van der Waals surface area contributed by atoms with Gasteiger partial charge in [-0.25, -0.2) is 0 Å². The molecule has 260 valence electrons. The molecule has 2 amide bonds. The number of imide groups is 1. The zero-order chi connectivity index (χ0) is 35.5. The number of nitrogens with zero attached hydrogens (tertiary/aromatic N) is 2. The number of carbonyl (C=O) groups excluding carboxylic acids is 2. The van der Waals surface area contributed by atoms with Crippen molar-refractivity contribution >= 4 is 11.8 Å². The fraction of sp³-hybridized carbons (Fsp3) is 0.238. The van der Waals surface area contributed by atoms with Crippen molar-refractivity contribution in [3.8, 4) is 16.9 Å². The van der Waals surface area contributed by atoms with Crippen LogP contribution in [0.3, 0.4) is 0 Å². The predicted molar refractivity (Wildman–Crippen MR) is 192 cm³/mol. The maximum absolute atomic E-state index is 13.1. The van der Waals surface area contributed by atoms with Crippen molar-refractivity contribution in [2.75, 3.05) is 20.1 Å². The van der Waals surface area contributed by atoms with Crippen LogP contribution in [0.1, 0.15) is 73.5 Å². The van der Waals surface area contributed by atoms with Gasteiger partial charge in [0.1, 0.15) is 5.75 Å². The van der Waals surface area contributed by atoms with E-state index < -0.39 is 12.4 Å². The van der Waals surface area contributed by atoms with Crippen molar-refractivity contribution in [2.24, 2.45) is 0 Å². The van der Waals surface area contributed by atoms with Crippen LogP contribution in [0.2, 0.25) is 0 Å². The summed E-state index contributed by atoms with van der Waals surface area (Å²) < 4.78 is 13.1. The molecule has 0 aromatic heterocycles. The number of ether oxygens (including phenoxy) is 2. The quantitative estimate of drug-likeness (QED) is 0.134. The minimum absolute atomic E-state index is 0.0414. The van der Waals surface area contributed by atoms with E-state index in [0.717, 1.165) is 33.4 Å². The van der Waals surface area contributed by atoms with Crippen molar-refractivity contribution in [3.63, 3.8) is 0 Å². The highest BCUT2D eigenvalue weighted by molar-refractivity contribution is 6.21. The molecule has 0 unspecified atom stereocenters. The fourth-order valence-electron chi connectivity index (χ4n) is 6.90. The lowest BCUT2D eigenvalue weighted by Gasteiger charge is -2.38. The zero-order valence-corrected chi connectivity index (χ0v) is 28.3. The SMILES string of the molecule is CN(C[C@H]1C[C@@H](c2ccc(CO)cc2)O[C@@H](c2ccc(-c3ccccc3CN3C(=O)c4ccccc4C3=O)cc2)O1)C[C@@H](O)c1cccc(O)c1. The van der Waals surface area contributed by atoms with Gasteiger partial charge in [0.15, 0.2) is 6.29 Å². The monoisotopic (exact) mass is 684 g/mol. The molecule has 7 rings (SSSR count). The Hall–Kier alpha value is -5.16. The van der Waals surface area contributed by atoms with Gasteiger partial charge >= 0.3 is 0 Å². The van der Waals surface area contributed by atoms with Crippen LogP contribution in [-0.4, -0.2) is 63.2 Å². The summed E-state index contributed by atoms with van der Waals surface area (Å²) in [5.41, 5.74) is 6.82. The number of amides is 2. The second kappa shape index (κ2) is 15.0. The number of benzene rings is 5. The van der Waals surface area contributed by atoms with Gasteiger partial charge in [-0.3, -0.25) is 14.5 Å². The summed E-state index contributed by atoms with van der Waals surface area (Å²) in [5.74, 6) is -0.471. The second-order valence-corrected chi connectivity index (χ2v) is 13.2. The Bertz CT molecular complexity index is 1980. The summed E-state index contributed by atoms with van der Waals surface area (Å²) >= 11 is 0. The van der Waals surface area contributed by atoms with E-state index in [2.05, 4.69) is 0 Å². The van der Waals surface area contributed by atoms with Crippen molar-refractivity contribution in [2.45, 2.75) is 44.2 Å². The van der Waals surface area contributed by atoms with Crippen LogP contribution in [0, 0.1) is 0 Å². The lowest BCUT2D eigenvalue weighted by Crippen LogP contribution is -2.39. The number of aliphatic hydroxyl groups is 2. The molecule has 2 heterocycles. The summed E-state index contributed by atoms with van der Waals surface area (Å²) in [6.07, 6.45) is -1.37. The minimum atomic E-state index is -0.785. The number of likely N-dealkylation sites (N-methyl/N-ethyl adjacent to an activating group) is 1. The number of carbonyl (C=O) groups is 2. The number of hydrogen-bond acceptors (Lipinski definition) is 8. The van der Waals surface area contributed by atoms with Crippen LogP contribution in [0.5, 0.6) is 5.75 Å². The normalized spacial score (nSPS) is 19.4. The Balaban J connectivity index is 1.09. The fourth-order valence-corrected chi connectivity index (χ4v) is 6.90. The molecule has 0 bridgehead atoms. The maximum Gasteiger partial charge on any atom is 0.261 e. The molecule has 9 heteroatoms. The molecule has 5 aromatic carbocycles. The van der Waals surface area contributed by atoms with Gasteiger partial charge < -0.3 is 29.7 Å². The van der Waals surface area contributed by atoms with Gasteiger partial charge in [-0.2, -0.15) is 0 Å². The smallest absolute Gasteiger partial charge is 0.261 e. The van der Waals surface area contributed by atoms with Crippen LogP contribution in [0.4, 0.5) is 0 Å². The zero-order valence-electron chi connectivity index (χ0n) is 28.3. The van der Waals surface area contributed by atoms with E-state index in [0.29, 0.717) is 36.2 Å². The molecule has 2 aliphatic heterocycles. The Morgan fingerprint density at radius 1 is 0.784 bits per heavy atom. The highest BCUT2D eigenvalue weighted by Gasteiger charge is 2.36. The summed E-state index contributed by atoms with van der Waals surface area (Å²) in [6, 6.07) is 37.0. The molecular weight excluding hydrogens is 644 g/mol. The van der Waals surface area contributed by atoms with E-state index >= 15 is 0 Å². The standard InChI is InChI=1S/C42H40N2O7/c1-43(25-38(47)31-8-6-9-33(46)21-31)24-34-22-39(29-15-13-27(26-45)14-16-29)51-42(50-34)30-19-17-28(18-20-30)35-10-3-2-7-32(35)23-44-40(48)36-11-4-5-12-37(36)41(44)49/h2-21,34,38-39,42,45-47H,22-26H2,1H3/t34-,38-,39+,42+/m1/s1. The predicted octanol–water partition coefficient (Wildman–Crippen LogP) is 6.56. The average Bonchev–Trinajstić information content (AvgIpc) is 3.39. The van der Waals surface area contributed by atoms with Gasteiger partial charge in [0.25, 0.3) is 11.8 Å². The highest BCUT2D eigenvalue weighted by atomic mass is 16.7. The van der Waals surface area contributed by atoms with E-state index in [9.17, 15) is 24.9 Å². The van der Waals surface area contributed by atoms with Crippen LogP contribution >= 0.6 is 0 Å². The molecule has 4 atom stereocenters. The highest BCUT2D eigenvalue weighted by Crippen LogP contribution is 2.39. The van der Waals surface area contributed by atoms with E-state index in [1.807, 2.05) is 84.7 Å². The lowest BCUT2D eigenvalue weighted by molar-refractivity contribution is -0.252. The van der Waals surface area contributed by atoms with Crippen molar-refractivity contribution < 1.29 is 34.4 Å². The number of hydrogen-bond donors (Lipinski definition) is 3. The van der Waals surface area contributed by atoms with Crippen molar-refractivity contribution in [1.29, 1.82) is 0 Å². The first kappa shape index (κ1) is 34.3. The summed E-state index contributed by atoms with van der Waals surface area (Å²) in [5, 5.41) is 30.3. The van der Waals surface area contributed by atoms with Crippen molar-refractivity contribution in [1.82, 2.24) is 9.80 Å². The third-order valence-electron chi connectivity index (χ3n) is 9.59. The Morgan fingerprint density at radius 3 is 2.10 bits per heavy atom. The molecule has 51 heavy (non-hydrogen) atoms. The molecule has 1 fully saturated rings. The molecule has 5 aromatic rings. The molecule has 1 saturated heterocycles. The van der Waals surface area contributed by atoms with Crippen LogP contribution < -0.4 is 0 Å². The minimum Gasteiger partial charge on any atom is -0.508 e. The van der Waals surface area contributed by atoms with Crippen LogP contribution in [0.25, 0.3) is 11.1 Å². The average molecular weight is 685 g/mol. The van der Waals surface area contributed by atoms with Gasteiger partial charge in [-0.05, 0) is 64.7 Å². The second-order valence-electron chi connectivity index (χ2n) is 13.2. The van der Waals surface area contributed by atoms with E-state index in [1.54, 1.807) is 48.5 Å². The number of aromatic hydroxyl groups is 1. The molecule has 2 aliphatic rings. The Kier molecular flexibility index (Phi) is 10.1. The molecule has 0 radical (unpaired) electrons. The van der Waals surface area contributed by atoms with E-state index in [4.69, 9.17) is 9.47 Å². The third-order valence-corrected chi connectivity index (χ3v) is 9.59. The van der Waals surface area contributed by atoms with Gasteiger partial charge in [-0.15, -0.1) is 0 Å². The first-order chi connectivity index (χ1) is 24.8. The van der Waals surface area contributed by atoms with Gasteiger partial charge in [0.2, 0.25) is 0 Å². The molecule has 3 N–H and O–H groups in total. The van der Waals surface area contributed by atoms with Crippen LogP contribution in [-0.2, 0) is 22.6 Å². The molecule has 0 spiro atoms. The van der Waals surface area contributed by atoms with Gasteiger partial charge in [-0.1, -0.05) is 97.1 Å². The molecular formula is C42H40N2O7. The third kappa shape index (κ3) is 7.49. The molecule has 0 saturated carbocycles.